The van der Waals surface area contributed by atoms with Gasteiger partial charge in [-0.15, -0.1) is 0 Å². The molecule has 1 atom stereocenters. The number of nitriles is 2. The molecular weight excluding hydrogens is 459 g/mol. The maximum absolute atomic E-state index is 14.3. The molecule has 0 bridgehead atoms. The molecule has 4 aliphatic rings. The molecule has 1 unspecified atom stereocenters. The fourth-order valence-corrected chi connectivity index (χ4v) is 6.21. The van der Waals surface area contributed by atoms with Crippen LogP contribution in [0.15, 0.2) is 24.7 Å². The van der Waals surface area contributed by atoms with Crippen LogP contribution in [0.3, 0.4) is 0 Å². The largest absolute Gasteiger partial charge is 0.352 e. The number of carbonyl (C=O) groups is 1. The first-order chi connectivity index (χ1) is 17.5. The molecule has 9 nitrogen and oxygen atoms in total. The van der Waals surface area contributed by atoms with Gasteiger partial charge in [-0.25, -0.2) is 19.3 Å². The number of alkyl halides is 1. The van der Waals surface area contributed by atoms with Crippen molar-refractivity contribution in [2.24, 2.45) is 5.41 Å². The molecule has 2 aromatic rings. The maximum Gasteiger partial charge on any atom is 0.243 e. The van der Waals surface area contributed by atoms with E-state index in [0.29, 0.717) is 50.4 Å². The van der Waals surface area contributed by atoms with Crippen molar-refractivity contribution in [2.75, 3.05) is 42.7 Å². The Morgan fingerprint density at radius 3 is 2.53 bits per heavy atom. The lowest BCUT2D eigenvalue weighted by Gasteiger charge is -2.46. The second-order valence-corrected chi connectivity index (χ2v) is 10.4. The number of halogens is 1. The van der Waals surface area contributed by atoms with Crippen molar-refractivity contribution in [1.82, 2.24) is 19.9 Å². The third-order valence-electron chi connectivity index (χ3n) is 8.57. The van der Waals surface area contributed by atoms with Gasteiger partial charge in [0.05, 0.1) is 23.7 Å². The highest BCUT2D eigenvalue weighted by molar-refractivity contribution is 5.87. The van der Waals surface area contributed by atoms with E-state index < -0.39 is 18.1 Å². The first-order valence-electron chi connectivity index (χ1n) is 12.6. The van der Waals surface area contributed by atoms with Crippen LogP contribution in [-0.2, 0) is 10.2 Å². The minimum atomic E-state index is -0.979. The van der Waals surface area contributed by atoms with E-state index in [4.69, 9.17) is 0 Å². The van der Waals surface area contributed by atoms with E-state index in [1.54, 1.807) is 23.2 Å². The number of anilines is 3. The van der Waals surface area contributed by atoms with E-state index >= 15 is 0 Å². The number of hydrogen-bond donors (Lipinski definition) is 0. The predicted molar refractivity (Wildman–Crippen MR) is 129 cm³/mol. The highest BCUT2D eigenvalue weighted by Crippen LogP contribution is 2.56. The Morgan fingerprint density at radius 1 is 1.11 bits per heavy atom. The van der Waals surface area contributed by atoms with E-state index in [9.17, 15) is 19.7 Å². The van der Waals surface area contributed by atoms with Crippen LogP contribution in [0, 0.1) is 28.1 Å². The van der Waals surface area contributed by atoms with Gasteiger partial charge in [-0.2, -0.15) is 10.5 Å². The van der Waals surface area contributed by atoms with Crippen molar-refractivity contribution in [3.8, 4) is 12.1 Å². The van der Waals surface area contributed by atoms with Gasteiger partial charge in [0, 0.05) is 43.4 Å². The van der Waals surface area contributed by atoms with E-state index in [-0.39, 0.29) is 11.3 Å². The molecule has 2 aliphatic carbocycles. The molecule has 1 spiro atoms. The van der Waals surface area contributed by atoms with E-state index in [0.717, 1.165) is 42.9 Å². The van der Waals surface area contributed by atoms with Crippen molar-refractivity contribution in [2.45, 2.75) is 50.0 Å². The molecule has 2 aromatic heterocycles. The second-order valence-electron chi connectivity index (χ2n) is 10.4. The third-order valence-corrected chi connectivity index (χ3v) is 8.57. The van der Waals surface area contributed by atoms with E-state index in [2.05, 4.69) is 36.9 Å². The zero-order chi connectivity index (χ0) is 24.9. The number of pyridine rings is 1. The van der Waals surface area contributed by atoms with E-state index in [1.807, 2.05) is 0 Å². The summed E-state index contributed by atoms with van der Waals surface area (Å²) in [7, 11) is 0. The van der Waals surface area contributed by atoms with Crippen LogP contribution in [0.2, 0.25) is 0 Å². The topological polar surface area (TPSA) is 113 Å². The standard InChI is InChI=1S/C26H27FN8O/c27-12-19-14-33(9-10-34(19)24(36)25(15-29)4-1-5-25)22-21-23(32-17-31-22)35(16-26(21)6-2-7-26)20-11-18(13-28)3-8-30-20/h3,8,11,17,19H,1-2,4-7,9-10,12,14,16H2. The van der Waals surface area contributed by atoms with Crippen molar-refractivity contribution >= 4 is 23.4 Å². The Hall–Kier alpha value is -3.79. The number of amides is 1. The normalized spacial score (nSPS) is 23.3. The molecular formula is C26H27FN8O. The lowest BCUT2D eigenvalue weighted by molar-refractivity contribution is -0.146. The second kappa shape index (κ2) is 8.41. The smallest absolute Gasteiger partial charge is 0.243 e. The van der Waals surface area contributed by atoms with Gasteiger partial charge in [0.2, 0.25) is 5.91 Å². The molecule has 6 rings (SSSR count). The number of fused-ring (bicyclic) bond motifs is 2. The molecule has 184 valence electrons. The summed E-state index contributed by atoms with van der Waals surface area (Å²) in [4.78, 5) is 32.8. The SMILES string of the molecule is N#Cc1ccnc(N2CC3(CCC3)c3c(N4CCN(C(=O)C5(C#N)CCC5)C(CF)C4)ncnc32)c1. The van der Waals surface area contributed by atoms with Crippen molar-refractivity contribution in [3.63, 3.8) is 0 Å². The van der Waals surface area contributed by atoms with Crippen LogP contribution in [0.4, 0.5) is 21.8 Å². The molecule has 3 fully saturated rings. The van der Waals surface area contributed by atoms with Gasteiger partial charge in [-0.05, 0) is 44.2 Å². The molecule has 10 heteroatoms. The summed E-state index contributed by atoms with van der Waals surface area (Å²) in [5.41, 5.74) is 0.516. The van der Waals surface area contributed by atoms with Gasteiger partial charge in [-0.3, -0.25) is 4.79 Å². The number of nitrogens with zero attached hydrogens (tertiary/aromatic N) is 8. The van der Waals surface area contributed by atoms with Crippen LogP contribution >= 0.6 is 0 Å². The Kier molecular flexibility index (Phi) is 5.29. The molecule has 0 aromatic carbocycles. The maximum atomic E-state index is 14.3. The van der Waals surface area contributed by atoms with Gasteiger partial charge < -0.3 is 14.7 Å². The number of rotatable bonds is 4. The van der Waals surface area contributed by atoms with Crippen molar-refractivity contribution in [3.05, 3.63) is 35.8 Å². The first kappa shape index (κ1) is 22.7. The van der Waals surface area contributed by atoms with Gasteiger partial charge in [0.25, 0.3) is 0 Å². The molecule has 4 heterocycles. The number of piperazine rings is 1. The lowest BCUT2D eigenvalue weighted by Crippen LogP contribution is -2.60. The van der Waals surface area contributed by atoms with Gasteiger partial charge in [-0.1, -0.05) is 6.42 Å². The Bertz CT molecular complexity index is 1290. The lowest BCUT2D eigenvalue weighted by atomic mass is 9.66. The molecule has 2 aliphatic heterocycles. The Balaban J connectivity index is 1.33. The summed E-state index contributed by atoms with van der Waals surface area (Å²) in [5.74, 6) is 2.04. The summed E-state index contributed by atoms with van der Waals surface area (Å²) >= 11 is 0. The minimum Gasteiger partial charge on any atom is -0.352 e. The summed E-state index contributed by atoms with van der Waals surface area (Å²) in [5, 5.41) is 19.0. The third kappa shape index (κ3) is 3.24. The molecule has 1 amide bonds. The average Bonchev–Trinajstić information content (AvgIpc) is 3.24. The first-order valence-corrected chi connectivity index (χ1v) is 12.6. The van der Waals surface area contributed by atoms with Crippen LogP contribution in [0.25, 0.3) is 0 Å². The van der Waals surface area contributed by atoms with Gasteiger partial charge in [0.15, 0.2) is 0 Å². The summed E-state index contributed by atoms with van der Waals surface area (Å²) < 4.78 is 14.3. The van der Waals surface area contributed by atoms with Gasteiger partial charge in [0.1, 0.15) is 35.9 Å². The average molecular weight is 487 g/mol. The quantitative estimate of drug-likeness (QED) is 0.648. The molecule has 1 saturated heterocycles. The Labute approximate surface area is 209 Å². The number of carbonyl (C=O) groups excluding carboxylic acids is 1. The molecule has 0 radical (unpaired) electrons. The van der Waals surface area contributed by atoms with Crippen molar-refractivity contribution in [1.29, 1.82) is 10.5 Å². The Morgan fingerprint density at radius 2 is 1.89 bits per heavy atom. The molecule has 0 N–H and O–H groups in total. The summed E-state index contributed by atoms with van der Waals surface area (Å²) in [6.07, 6.45) is 8.26. The summed E-state index contributed by atoms with van der Waals surface area (Å²) in [6, 6.07) is 7.23. The number of hydrogen-bond acceptors (Lipinski definition) is 8. The predicted octanol–water partition coefficient (Wildman–Crippen LogP) is 3.00. The zero-order valence-corrected chi connectivity index (χ0v) is 20.0. The fourth-order valence-electron chi connectivity index (χ4n) is 6.21. The van der Waals surface area contributed by atoms with Gasteiger partial charge >= 0.3 is 0 Å². The minimum absolute atomic E-state index is 0.106. The van der Waals surface area contributed by atoms with Crippen LogP contribution < -0.4 is 9.80 Å². The van der Waals surface area contributed by atoms with Crippen molar-refractivity contribution < 1.29 is 9.18 Å². The molecule has 2 saturated carbocycles. The highest BCUT2D eigenvalue weighted by Gasteiger charge is 2.52. The summed E-state index contributed by atoms with van der Waals surface area (Å²) in [6.45, 7) is 1.25. The van der Waals surface area contributed by atoms with Crippen LogP contribution in [0.5, 0.6) is 0 Å². The number of aromatic nitrogens is 3. The monoisotopic (exact) mass is 486 g/mol. The fraction of sp³-hybridized carbons (Fsp3) is 0.538. The molecule has 36 heavy (non-hydrogen) atoms. The highest BCUT2D eigenvalue weighted by atomic mass is 19.1. The van der Waals surface area contributed by atoms with Crippen LogP contribution in [0.1, 0.15) is 49.7 Å². The van der Waals surface area contributed by atoms with E-state index in [1.165, 1.54) is 6.33 Å². The zero-order valence-electron chi connectivity index (χ0n) is 20.0. The van der Waals surface area contributed by atoms with Crippen LogP contribution in [-0.4, -0.2) is 64.7 Å².